The SMILES string of the molecule is CC#CCCC(=O)C(C)CCC. The van der Waals surface area contributed by atoms with Crippen LogP contribution in [-0.4, -0.2) is 5.78 Å². The van der Waals surface area contributed by atoms with E-state index in [0.717, 1.165) is 19.3 Å². The molecule has 0 rings (SSSR count). The second kappa shape index (κ2) is 6.91. The molecular weight excluding hydrogens is 148 g/mol. The quantitative estimate of drug-likeness (QED) is 0.574. The minimum atomic E-state index is 0.230. The van der Waals surface area contributed by atoms with Gasteiger partial charge in [-0.25, -0.2) is 0 Å². The molecule has 0 spiro atoms. The molecule has 0 bridgehead atoms. The lowest BCUT2D eigenvalue weighted by molar-refractivity contribution is -0.122. The van der Waals surface area contributed by atoms with Crippen LogP contribution in [-0.2, 0) is 4.79 Å². The summed E-state index contributed by atoms with van der Waals surface area (Å²) >= 11 is 0. The van der Waals surface area contributed by atoms with Crippen LogP contribution in [0.2, 0.25) is 0 Å². The summed E-state index contributed by atoms with van der Waals surface area (Å²) in [7, 11) is 0. The monoisotopic (exact) mass is 166 g/mol. The number of Topliss-reactive ketones (excluding diaryl/α,β-unsaturated/α-hetero) is 1. The molecule has 0 aromatic heterocycles. The smallest absolute Gasteiger partial charge is 0.136 e. The van der Waals surface area contributed by atoms with E-state index in [-0.39, 0.29) is 5.92 Å². The number of ketones is 1. The van der Waals surface area contributed by atoms with Crippen molar-refractivity contribution in [3.63, 3.8) is 0 Å². The molecule has 1 nitrogen and oxygen atoms in total. The molecule has 0 N–H and O–H groups in total. The molecule has 12 heavy (non-hydrogen) atoms. The summed E-state index contributed by atoms with van der Waals surface area (Å²) in [6, 6.07) is 0. The van der Waals surface area contributed by atoms with Crippen LogP contribution in [0, 0.1) is 17.8 Å². The largest absolute Gasteiger partial charge is 0.299 e. The third-order valence-electron chi connectivity index (χ3n) is 1.94. The number of hydrogen-bond donors (Lipinski definition) is 0. The van der Waals surface area contributed by atoms with Gasteiger partial charge in [-0.3, -0.25) is 4.79 Å². The summed E-state index contributed by atoms with van der Waals surface area (Å²) in [5, 5.41) is 0. The Bertz CT molecular complexity index is 183. The van der Waals surface area contributed by atoms with E-state index in [1.165, 1.54) is 0 Å². The fourth-order valence-corrected chi connectivity index (χ4v) is 1.15. The van der Waals surface area contributed by atoms with Crippen LogP contribution in [0.3, 0.4) is 0 Å². The average Bonchev–Trinajstić information content (AvgIpc) is 2.05. The highest BCUT2D eigenvalue weighted by Gasteiger charge is 2.09. The Morgan fingerprint density at radius 3 is 2.67 bits per heavy atom. The average molecular weight is 166 g/mol. The topological polar surface area (TPSA) is 17.1 Å². The first kappa shape index (κ1) is 11.2. The zero-order chi connectivity index (χ0) is 9.40. The molecule has 0 aliphatic heterocycles. The van der Waals surface area contributed by atoms with Crippen molar-refractivity contribution in [1.82, 2.24) is 0 Å². The lowest BCUT2D eigenvalue weighted by Crippen LogP contribution is -2.09. The van der Waals surface area contributed by atoms with Crippen molar-refractivity contribution in [3.8, 4) is 11.8 Å². The summed E-state index contributed by atoms with van der Waals surface area (Å²) in [6.07, 6.45) is 3.45. The molecule has 0 aromatic carbocycles. The van der Waals surface area contributed by atoms with Crippen LogP contribution < -0.4 is 0 Å². The van der Waals surface area contributed by atoms with E-state index in [1.54, 1.807) is 6.92 Å². The van der Waals surface area contributed by atoms with Gasteiger partial charge in [0, 0.05) is 18.8 Å². The van der Waals surface area contributed by atoms with E-state index >= 15 is 0 Å². The first-order valence-corrected chi connectivity index (χ1v) is 4.64. The number of carbonyl (C=O) groups excluding carboxylic acids is 1. The lowest BCUT2D eigenvalue weighted by atomic mass is 9.98. The van der Waals surface area contributed by atoms with Gasteiger partial charge in [0.1, 0.15) is 5.78 Å². The highest BCUT2D eigenvalue weighted by Crippen LogP contribution is 2.09. The zero-order valence-electron chi connectivity index (χ0n) is 8.31. The van der Waals surface area contributed by atoms with E-state index < -0.39 is 0 Å². The molecule has 0 aromatic rings. The molecule has 1 atom stereocenters. The van der Waals surface area contributed by atoms with Crippen molar-refractivity contribution in [2.24, 2.45) is 5.92 Å². The highest BCUT2D eigenvalue weighted by molar-refractivity contribution is 5.80. The van der Waals surface area contributed by atoms with Crippen LogP contribution in [0.25, 0.3) is 0 Å². The highest BCUT2D eigenvalue weighted by atomic mass is 16.1. The molecule has 0 saturated carbocycles. The van der Waals surface area contributed by atoms with Gasteiger partial charge in [0.05, 0.1) is 0 Å². The molecule has 1 heteroatoms. The van der Waals surface area contributed by atoms with Crippen LogP contribution in [0.1, 0.15) is 46.5 Å². The number of rotatable bonds is 5. The predicted octanol–water partition coefficient (Wildman–Crippen LogP) is 2.80. The fraction of sp³-hybridized carbons (Fsp3) is 0.727. The molecule has 1 unspecified atom stereocenters. The van der Waals surface area contributed by atoms with Crippen LogP contribution in [0.4, 0.5) is 0 Å². The maximum Gasteiger partial charge on any atom is 0.136 e. The van der Waals surface area contributed by atoms with E-state index in [4.69, 9.17) is 0 Å². The van der Waals surface area contributed by atoms with Crippen LogP contribution >= 0.6 is 0 Å². The van der Waals surface area contributed by atoms with Gasteiger partial charge in [0.15, 0.2) is 0 Å². The molecule has 0 amide bonds. The Kier molecular flexibility index (Phi) is 6.47. The fourth-order valence-electron chi connectivity index (χ4n) is 1.15. The van der Waals surface area contributed by atoms with E-state index in [9.17, 15) is 4.79 Å². The second-order valence-corrected chi connectivity index (χ2v) is 3.08. The van der Waals surface area contributed by atoms with Gasteiger partial charge < -0.3 is 0 Å². The van der Waals surface area contributed by atoms with Gasteiger partial charge in [-0.15, -0.1) is 11.8 Å². The zero-order valence-corrected chi connectivity index (χ0v) is 8.31. The molecular formula is C11H18O. The van der Waals surface area contributed by atoms with Crippen molar-refractivity contribution in [2.75, 3.05) is 0 Å². The number of carbonyl (C=O) groups is 1. The minimum absolute atomic E-state index is 0.230. The summed E-state index contributed by atoms with van der Waals surface area (Å²) in [5.41, 5.74) is 0. The van der Waals surface area contributed by atoms with E-state index in [1.807, 2.05) is 6.92 Å². The van der Waals surface area contributed by atoms with Crippen LogP contribution in [0.5, 0.6) is 0 Å². The third kappa shape index (κ3) is 4.96. The molecule has 0 fully saturated rings. The van der Waals surface area contributed by atoms with Gasteiger partial charge in [-0.05, 0) is 13.3 Å². The molecule has 0 aliphatic carbocycles. The molecule has 0 saturated heterocycles. The predicted molar refractivity (Wildman–Crippen MR) is 51.8 cm³/mol. The molecule has 0 radical (unpaired) electrons. The maximum absolute atomic E-state index is 11.3. The Morgan fingerprint density at radius 1 is 1.50 bits per heavy atom. The van der Waals surface area contributed by atoms with Gasteiger partial charge >= 0.3 is 0 Å². The summed E-state index contributed by atoms with van der Waals surface area (Å²) in [6.45, 7) is 5.92. The first-order valence-electron chi connectivity index (χ1n) is 4.64. The Morgan fingerprint density at radius 2 is 2.17 bits per heavy atom. The van der Waals surface area contributed by atoms with Gasteiger partial charge in [-0.1, -0.05) is 20.3 Å². The van der Waals surface area contributed by atoms with Crippen molar-refractivity contribution < 1.29 is 4.79 Å². The normalized spacial score (nSPS) is 11.6. The Balaban J connectivity index is 3.61. The van der Waals surface area contributed by atoms with E-state index in [2.05, 4.69) is 18.8 Å². The summed E-state index contributed by atoms with van der Waals surface area (Å²) in [5.74, 6) is 6.29. The molecule has 0 heterocycles. The second-order valence-electron chi connectivity index (χ2n) is 3.08. The third-order valence-corrected chi connectivity index (χ3v) is 1.94. The Hall–Kier alpha value is -0.770. The molecule has 0 aliphatic rings. The van der Waals surface area contributed by atoms with Crippen molar-refractivity contribution in [3.05, 3.63) is 0 Å². The van der Waals surface area contributed by atoms with Crippen molar-refractivity contribution in [2.45, 2.75) is 46.5 Å². The van der Waals surface area contributed by atoms with Crippen molar-refractivity contribution in [1.29, 1.82) is 0 Å². The standard InChI is InChI=1S/C11H18O/c1-4-6-7-9-11(12)10(3)8-5-2/h10H,5,7-9H2,1-3H3. The van der Waals surface area contributed by atoms with Gasteiger partial charge in [0.2, 0.25) is 0 Å². The summed E-state index contributed by atoms with van der Waals surface area (Å²) < 4.78 is 0. The maximum atomic E-state index is 11.3. The summed E-state index contributed by atoms with van der Waals surface area (Å²) in [4.78, 5) is 11.3. The van der Waals surface area contributed by atoms with Crippen LogP contribution in [0.15, 0.2) is 0 Å². The number of hydrogen-bond acceptors (Lipinski definition) is 1. The Labute approximate surface area is 75.5 Å². The molecule has 68 valence electrons. The first-order chi connectivity index (χ1) is 5.72. The van der Waals surface area contributed by atoms with Gasteiger partial charge in [-0.2, -0.15) is 0 Å². The van der Waals surface area contributed by atoms with E-state index in [0.29, 0.717) is 12.2 Å². The van der Waals surface area contributed by atoms with Gasteiger partial charge in [0.25, 0.3) is 0 Å². The van der Waals surface area contributed by atoms with Crippen molar-refractivity contribution >= 4 is 5.78 Å². The minimum Gasteiger partial charge on any atom is -0.299 e. The lowest BCUT2D eigenvalue weighted by Gasteiger charge is -2.06.